The highest BCUT2D eigenvalue weighted by atomic mass is 35.5. The zero-order valence-electron chi connectivity index (χ0n) is 8.26. The lowest BCUT2D eigenvalue weighted by atomic mass is 10.3. The van der Waals surface area contributed by atoms with Gasteiger partial charge in [0.05, 0.1) is 18.2 Å². The Labute approximate surface area is 88.1 Å². The normalized spacial score (nSPS) is 12.6. The van der Waals surface area contributed by atoms with Crippen molar-refractivity contribution < 1.29 is 9.13 Å². The Morgan fingerprint density at radius 2 is 2.36 bits per heavy atom. The molecule has 0 aliphatic carbocycles. The average Bonchev–Trinajstić information content (AvgIpc) is 2.20. The topological polar surface area (TPSA) is 22.1 Å². The van der Waals surface area contributed by atoms with Crippen molar-refractivity contribution in [3.05, 3.63) is 23.6 Å². The summed E-state index contributed by atoms with van der Waals surface area (Å²) in [5.41, 5.74) is 0.590. The number of rotatable bonds is 4. The van der Waals surface area contributed by atoms with Gasteiger partial charge in [-0.25, -0.2) is 9.37 Å². The van der Waals surface area contributed by atoms with Gasteiger partial charge in [0.2, 0.25) is 5.88 Å². The van der Waals surface area contributed by atoms with Gasteiger partial charge in [0.25, 0.3) is 0 Å². The van der Waals surface area contributed by atoms with Crippen molar-refractivity contribution in [3.8, 4) is 5.88 Å². The van der Waals surface area contributed by atoms with E-state index in [1.807, 2.05) is 13.8 Å². The maximum absolute atomic E-state index is 12.8. The van der Waals surface area contributed by atoms with Crippen LogP contribution in [0.4, 0.5) is 4.39 Å². The van der Waals surface area contributed by atoms with Crippen molar-refractivity contribution in [2.24, 2.45) is 0 Å². The standard InChI is InChI=1S/C10H13ClFNO/c1-3-7(2)14-10-8(5-11)4-9(12)6-13-10/h4,6-7H,3,5H2,1-2H3. The molecule has 0 aliphatic rings. The molecule has 0 saturated carbocycles. The number of hydrogen-bond donors (Lipinski definition) is 0. The smallest absolute Gasteiger partial charge is 0.218 e. The molecule has 0 spiro atoms. The van der Waals surface area contributed by atoms with Crippen LogP contribution in [-0.2, 0) is 5.88 Å². The summed E-state index contributed by atoms with van der Waals surface area (Å²) in [6, 6.07) is 1.34. The Hall–Kier alpha value is -0.830. The van der Waals surface area contributed by atoms with E-state index in [0.29, 0.717) is 11.4 Å². The summed E-state index contributed by atoms with van der Waals surface area (Å²) in [6.45, 7) is 3.94. The number of ether oxygens (including phenoxy) is 1. The molecule has 0 aliphatic heterocycles. The van der Waals surface area contributed by atoms with Gasteiger partial charge in [0.1, 0.15) is 5.82 Å². The van der Waals surface area contributed by atoms with Crippen LogP contribution >= 0.6 is 11.6 Å². The van der Waals surface area contributed by atoms with Gasteiger partial charge in [-0.05, 0) is 19.4 Å². The van der Waals surface area contributed by atoms with Crippen LogP contribution in [0.5, 0.6) is 5.88 Å². The second-order valence-corrected chi connectivity index (χ2v) is 3.36. The maximum Gasteiger partial charge on any atom is 0.218 e. The molecule has 0 bridgehead atoms. The van der Waals surface area contributed by atoms with Crippen LogP contribution in [0.2, 0.25) is 0 Å². The lowest BCUT2D eigenvalue weighted by Crippen LogP contribution is -2.12. The van der Waals surface area contributed by atoms with Crippen LogP contribution in [-0.4, -0.2) is 11.1 Å². The van der Waals surface area contributed by atoms with Crippen molar-refractivity contribution in [2.45, 2.75) is 32.3 Å². The van der Waals surface area contributed by atoms with Crippen molar-refractivity contribution in [1.29, 1.82) is 0 Å². The van der Waals surface area contributed by atoms with Gasteiger partial charge in [-0.3, -0.25) is 0 Å². The molecule has 0 N–H and O–H groups in total. The minimum Gasteiger partial charge on any atom is -0.474 e. The summed E-state index contributed by atoms with van der Waals surface area (Å²) in [5, 5.41) is 0. The first kappa shape index (κ1) is 11.2. The van der Waals surface area contributed by atoms with Gasteiger partial charge in [0.15, 0.2) is 0 Å². The van der Waals surface area contributed by atoms with Crippen LogP contribution < -0.4 is 4.74 Å². The van der Waals surface area contributed by atoms with E-state index >= 15 is 0 Å². The minimum atomic E-state index is -0.392. The summed E-state index contributed by atoms with van der Waals surface area (Å²) < 4.78 is 18.3. The Bertz CT molecular complexity index is 306. The highest BCUT2D eigenvalue weighted by molar-refractivity contribution is 6.17. The lowest BCUT2D eigenvalue weighted by molar-refractivity contribution is 0.206. The van der Waals surface area contributed by atoms with E-state index in [9.17, 15) is 4.39 Å². The molecular weight excluding hydrogens is 205 g/mol. The predicted molar refractivity (Wildman–Crippen MR) is 54.1 cm³/mol. The Balaban J connectivity index is 2.85. The molecule has 1 aromatic heterocycles. The van der Waals surface area contributed by atoms with Crippen molar-refractivity contribution in [3.63, 3.8) is 0 Å². The highest BCUT2D eigenvalue weighted by Gasteiger charge is 2.08. The van der Waals surface area contributed by atoms with Gasteiger partial charge in [-0.2, -0.15) is 0 Å². The van der Waals surface area contributed by atoms with Crippen LogP contribution in [0.15, 0.2) is 12.3 Å². The molecule has 1 atom stereocenters. The second-order valence-electron chi connectivity index (χ2n) is 3.09. The predicted octanol–water partition coefficient (Wildman–Crippen LogP) is 3.14. The molecule has 1 aromatic rings. The number of alkyl halides is 1. The summed E-state index contributed by atoms with van der Waals surface area (Å²) in [6.07, 6.45) is 2.07. The van der Waals surface area contributed by atoms with Gasteiger partial charge >= 0.3 is 0 Å². The summed E-state index contributed by atoms with van der Waals surface area (Å²) in [4.78, 5) is 3.86. The molecule has 0 aromatic carbocycles. The molecule has 4 heteroatoms. The van der Waals surface area contributed by atoms with Crippen LogP contribution in [0.3, 0.4) is 0 Å². The van der Waals surface area contributed by atoms with E-state index in [1.54, 1.807) is 0 Å². The number of pyridine rings is 1. The number of halogens is 2. The van der Waals surface area contributed by atoms with Crippen molar-refractivity contribution in [1.82, 2.24) is 4.98 Å². The quantitative estimate of drug-likeness (QED) is 0.723. The van der Waals surface area contributed by atoms with Gasteiger partial charge in [-0.1, -0.05) is 6.92 Å². The molecule has 14 heavy (non-hydrogen) atoms. The minimum absolute atomic E-state index is 0.0647. The van der Waals surface area contributed by atoms with Crippen LogP contribution in [0.25, 0.3) is 0 Å². The molecule has 2 nitrogen and oxygen atoms in total. The number of hydrogen-bond acceptors (Lipinski definition) is 2. The van der Waals surface area contributed by atoms with Crippen LogP contribution in [0.1, 0.15) is 25.8 Å². The number of aromatic nitrogens is 1. The van der Waals surface area contributed by atoms with Gasteiger partial charge in [0, 0.05) is 5.56 Å². The Morgan fingerprint density at radius 1 is 1.64 bits per heavy atom. The molecule has 0 radical (unpaired) electrons. The fraction of sp³-hybridized carbons (Fsp3) is 0.500. The highest BCUT2D eigenvalue weighted by Crippen LogP contribution is 2.19. The van der Waals surface area contributed by atoms with E-state index in [0.717, 1.165) is 12.6 Å². The van der Waals surface area contributed by atoms with E-state index < -0.39 is 5.82 Å². The Kier molecular flexibility index (Phi) is 4.14. The molecular formula is C10H13ClFNO. The summed E-state index contributed by atoms with van der Waals surface area (Å²) in [7, 11) is 0. The largest absolute Gasteiger partial charge is 0.474 e. The third-order valence-corrected chi connectivity index (χ3v) is 2.21. The summed E-state index contributed by atoms with van der Waals surface area (Å²) in [5.74, 6) is 0.240. The lowest BCUT2D eigenvalue weighted by Gasteiger charge is -2.13. The monoisotopic (exact) mass is 217 g/mol. The van der Waals surface area contributed by atoms with Crippen molar-refractivity contribution in [2.75, 3.05) is 0 Å². The molecule has 1 heterocycles. The third-order valence-electron chi connectivity index (χ3n) is 1.92. The first-order chi connectivity index (χ1) is 6.67. The van der Waals surface area contributed by atoms with Crippen molar-refractivity contribution >= 4 is 11.6 Å². The first-order valence-corrected chi connectivity index (χ1v) is 5.07. The molecule has 0 amide bonds. The number of nitrogens with zero attached hydrogens (tertiary/aromatic N) is 1. The molecule has 0 saturated heterocycles. The fourth-order valence-corrected chi connectivity index (χ4v) is 1.14. The van der Waals surface area contributed by atoms with Crippen LogP contribution in [0, 0.1) is 5.82 Å². The average molecular weight is 218 g/mol. The maximum atomic E-state index is 12.8. The third kappa shape index (κ3) is 2.84. The first-order valence-electron chi connectivity index (χ1n) is 4.54. The van der Waals surface area contributed by atoms with E-state index in [4.69, 9.17) is 16.3 Å². The van der Waals surface area contributed by atoms with E-state index in [-0.39, 0.29) is 12.0 Å². The fourth-order valence-electron chi connectivity index (χ4n) is 0.944. The second kappa shape index (κ2) is 5.15. The zero-order chi connectivity index (χ0) is 10.6. The molecule has 0 fully saturated rings. The van der Waals surface area contributed by atoms with E-state index in [1.165, 1.54) is 6.07 Å². The van der Waals surface area contributed by atoms with Gasteiger partial charge in [-0.15, -0.1) is 11.6 Å². The Morgan fingerprint density at radius 3 is 2.93 bits per heavy atom. The molecule has 1 rings (SSSR count). The molecule has 78 valence electrons. The molecule has 1 unspecified atom stereocenters. The van der Waals surface area contributed by atoms with E-state index in [2.05, 4.69) is 4.98 Å². The summed E-state index contributed by atoms with van der Waals surface area (Å²) >= 11 is 5.64. The van der Waals surface area contributed by atoms with Gasteiger partial charge < -0.3 is 4.74 Å². The zero-order valence-corrected chi connectivity index (χ0v) is 9.01. The SMILES string of the molecule is CCC(C)Oc1ncc(F)cc1CCl.